The molecule has 0 aliphatic carbocycles. The highest BCUT2D eigenvalue weighted by molar-refractivity contribution is 5.97. The number of rotatable bonds is 8. The fraction of sp³-hybridized carbons (Fsp3) is 0.355. The molecule has 1 atom stereocenters. The summed E-state index contributed by atoms with van der Waals surface area (Å²) in [7, 11) is 2.08. The van der Waals surface area contributed by atoms with Crippen LogP contribution in [0, 0.1) is 13.8 Å². The van der Waals surface area contributed by atoms with E-state index in [1.165, 1.54) is 0 Å². The fourth-order valence-corrected chi connectivity index (χ4v) is 4.87. The van der Waals surface area contributed by atoms with Crippen molar-refractivity contribution in [2.75, 3.05) is 25.9 Å². The summed E-state index contributed by atoms with van der Waals surface area (Å²) in [5, 5.41) is 4.74. The average molecular weight is 558 g/mol. The molecule has 1 aliphatic rings. The number of carbonyl (C=O) groups is 1. The van der Waals surface area contributed by atoms with E-state index in [0.29, 0.717) is 35.2 Å². The molecule has 1 fully saturated rings. The SMILES string of the molecule is CC.Cc1cc(OCc2cnc(C)nc2)cc(Oc2ccc(-n3nc([C@@H]4CCCN(C)C4)c(N)c3C(N)=O)cc2)c1. The molecule has 3 heterocycles. The van der Waals surface area contributed by atoms with E-state index >= 15 is 0 Å². The Morgan fingerprint density at radius 2 is 1.71 bits per heavy atom. The maximum absolute atomic E-state index is 12.3. The molecule has 0 radical (unpaired) electrons. The van der Waals surface area contributed by atoms with Crippen LogP contribution in [0.3, 0.4) is 0 Å². The Hall–Kier alpha value is -4.44. The quantitative estimate of drug-likeness (QED) is 0.303. The van der Waals surface area contributed by atoms with Gasteiger partial charge in [-0.25, -0.2) is 14.6 Å². The zero-order valence-corrected chi connectivity index (χ0v) is 24.4. The van der Waals surface area contributed by atoms with Gasteiger partial charge in [-0.05, 0) is 82.2 Å². The molecule has 0 spiro atoms. The van der Waals surface area contributed by atoms with E-state index in [0.717, 1.165) is 48.6 Å². The standard InChI is InChI=1S/C29H33N7O3.C2H6/c1-18-11-24(38-17-20-14-32-19(2)33-15-20)13-25(12-18)39-23-8-6-22(7-9-23)36-28(29(31)37)26(30)27(34-36)21-5-4-10-35(3)16-21;1-2/h6-9,11-15,21H,4-5,10,16-17,30H2,1-3H3,(H2,31,37);1-2H3/t21-;/m1./s1. The van der Waals surface area contributed by atoms with Crippen LogP contribution < -0.4 is 20.9 Å². The van der Waals surface area contributed by atoms with Gasteiger partial charge in [0.15, 0.2) is 5.69 Å². The van der Waals surface area contributed by atoms with Crippen molar-refractivity contribution in [3.63, 3.8) is 0 Å². The Morgan fingerprint density at radius 3 is 2.37 bits per heavy atom. The van der Waals surface area contributed by atoms with Crippen molar-refractivity contribution >= 4 is 11.6 Å². The number of likely N-dealkylation sites (N-methyl/N-ethyl adjacent to an activating group) is 1. The average Bonchev–Trinajstić information content (AvgIpc) is 3.31. The van der Waals surface area contributed by atoms with Gasteiger partial charge in [-0.15, -0.1) is 0 Å². The van der Waals surface area contributed by atoms with Crippen LogP contribution in [0.1, 0.15) is 65.7 Å². The number of hydrogen-bond acceptors (Lipinski definition) is 8. The summed E-state index contributed by atoms with van der Waals surface area (Å²) < 4.78 is 13.6. The van der Waals surface area contributed by atoms with Crippen LogP contribution >= 0.6 is 0 Å². The molecule has 5 rings (SSSR count). The van der Waals surface area contributed by atoms with Crippen LogP contribution in [0.25, 0.3) is 5.69 Å². The van der Waals surface area contributed by atoms with Crippen LogP contribution in [-0.2, 0) is 6.61 Å². The predicted molar refractivity (Wildman–Crippen MR) is 160 cm³/mol. The highest BCUT2D eigenvalue weighted by Gasteiger charge is 2.28. The number of nitrogen functional groups attached to an aromatic ring is 1. The van der Waals surface area contributed by atoms with Crippen LogP contribution in [0.2, 0.25) is 0 Å². The number of anilines is 1. The number of carbonyl (C=O) groups excluding carboxylic acids is 1. The van der Waals surface area contributed by atoms with Gasteiger partial charge in [0.2, 0.25) is 0 Å². The van der Waals surface area contributed by atoms with Gasteiger partial charge in [0.25, 0.3) is 5.91 Å². The number of aryl methyl sites for hydroxylation is 2. The molecule has 0 saturated carbocycles. The van der Waals surface area contributed by atoms with Gasteiger partial charge in [0, 0.05) is 36.5 Å². The third-order valence-corrected chi connectivity index (χ3v) is 6.78. The zero-order valence-electron chi connectivity index (χ0n) is 24.4. The van der Waals surface area contributed by atoms with E-state index in [4.69, 9.17) is 26.0 Å². The lowest BCUT2D eigenvalue weighted by atomic mass is 9.94. The van der Waals surface area contributed by atoms with Crippen molar-refractivity contribution < 1.29 is 14.3 Å². The van der Waals surface area contributed by atoms with Crippen LogP contribution in [0.5, 0.6) is 17.2 Å². The van der Waals surface area contributed by atoms with Gasteiger partial charge in [-0.3, -0.25) is 4.79 Å². The first kappa shape index (κ1) is 29.5. The van der Waals surface area contributed by atoms with Gasteiger partial charge in [0.05, 0.1) is 17.1 Å². The van der Waals surface area contributed by atoms with Crippen molar-refractivity contribution in [1.29, 1.82) is 0 Å². The molecule has 4 aromatic rings. The fourth-order valence-electron chi connectivity index (χ4n) is 4.87. The first-order valence-electron chi connectivity index (χ1n) is 13.9. The van der Waals surface area contributed by atoms with E-state index in [1.54, 1.807) is 17.1 Å². The topological polar surface area (TPSA) is 134 Å². The number of aromatic nitrogens is 4. The van der Waals surface area contributed by atoms with Gasteiger partial charge >= 0.3 is 0 Å². The molecule has 10 nitrogen and oxygen atoms in total. The molecule has 0 bridgehead atoms. The molecule has 0 unspecified atom stereocenters. The lowest BCUT2D eigenvalue weighted by Crippen LogP contribution is -2.31. The highest BCUT2D eigenvalue weighted by Crippen LogP contribution is 2.33. The molecule has 2 aromatic carbocycles. The number of nitrogens with two attached hydrogens (primary N) is 2. The molecule has 2 aromatic heterocycles. The third-order valence-electron chi connectivity index (χ3n) is 6.78. The second-order valence-electron chi connectivity index (χ2n) is 10.0. The summed E-state index contributed by atoms with van der Waals surface area (Å²) in [6.07, 6.45) is 5.53. The Balaban J connectivity index is 0.00000189. The molecule has 41 heavy (non-hydrogen) atoms. The Labute approximate surface area is 241 Å². The second kappa shape index (κ2) is 13.3. The molecule has 10 heteroatoms. The van der Waals surface area contributed by atoms with Crippen LogP contribution in [0.4, 0.5) is 5.69 Å². The van der Waals surface area contributed by atoms with Crippen molar-refractivity contribution in [2.24, 2.45) is 5.73 Å². The highest BCUT2D eigenvalue weighted by atomic mass is 16.5. The zero-order chi connectivity index (χ0) is 29.5. The smallest absolute Gasteiger partial charge is 0.269 e. The van der Waals surface area contributed by atoms with Gasteiger partial charge in [-0.2, -0.15) is 5.10 Å². The van der Waals surface area contributed by atoms with Crippen LogP contribution in [-0.4, -0.2) is 50.7 Å². The van der Waals surface area contributed by atoms with E-state index in [1.807, 2.05) is 70.2 Å². The van der Waals surface area contributed by atoms with Gasteiger partial charge in [0.1, 0.15) is 29.7 Å². The first-order chi connectivity index (χ1) is 19.8. The summed E-state index contributed by atoms with van der Waals surface area (Å²) in [6.45, 7) is 10.1. The Kier molecular flexibility index (Phi) is 9.57. The van der Waals surface area contributed by atoms with Crippen LogP contribution in [0.15, 0.2) is 54.9 Å². The van der Waals surface area contributed by atoms with E-state index in [2.05, 4.69) is 21.9 Å². The first-order valence-corrected chi connectivity index (χ1v) is 13.9. The number of nitrogens with zero attached hydrogens (tertiary/aromatic N) is 5. The molecule has 1 amide bonds. The summed E-state index contributed by atoms with van der Waals surface area (Å²) >= 11 is 0. The minimum absolute atomic E-state index is 0.155. The van der Waals surface area contributed by atoms with Crippen molar-refractivity contribution in [3.05, 3.63) is 83.2 Å². The Bertz CT molecular complexity index is 1470. The van der Waals surface area contributed by atoms with Crippen molar-refractivity contribution in [2.45, 2.75) is 53.1 Å². The Morgan fingerprint density at radius 1 is 1.02 bits per heavy atom. The minimum Gasteiger partial charge on any atom is -0.489 e. The molecular formula is C31H39N7O3. The molecule has 1 aliphatic heterocycles. The predicted octanol–water partition coefficient (Wildman–Crippen LogP) is 5.17. The molecule has 1 saturated heterocycles. The number of hydrogen-bond donors (Lipinski definition) is 2. The number of piperidine rings is 1. The van der Waals surface area contributed by atoms with Gasteiger partial charge in [-0.1, -0.05) is 13.8 Å². The number of likely N-dealkylation sites (tertiary alicyclic amines) is 1. The van der Waals surface area contributed by atoms with Gasteiger partial charge < -0.3 is 25.8 Å². The van der Waals surface area contributed by atoms with E-state index < -0.39 is 5.91 Å². The maximum atomic E-state index is 12.3. The largest absolute Gasteiger partial charge is 0.489 e. The summed E-state index contributed by atoms with van der Waals surface area (Å²) in [5.74, 6) is 2.21. The van der Waals surface area contributed by atoms with Crippen molar-refractivity contribution in [3.8, 4) is 22.9 Å². The number of benzene rings is 2. The molecule has 4 N–H and O–H groups in total. The van der Waals surface area contributed by atoms with Crippen molar-refractivity contribution in [1.82, 2.24) is 24.6 Å². The number of primary amides is 1. The number of ether oxygens (including phenoxy) is 2. The lowest BCUT2D eigenvalue weighted by molar-refractivity contribution is 0.0994. The summed E-state index contributed by atoms with van der Waals surface area (Å²) in [4.78, 5) is 23.0. The number of amides is 1. The van der Waals surface area contributed by atoms with E-state index in [9.17, 15) is 4.79 Å². The molecular weight excluding hydrogens is 518 g/mol. The maximum Gasteiger partial charge on any atom is 0.269 e. The van der Waals surface area contributed by atoms with E-state index in [-0.39, 0.29) is 11.6 Å². The lowest BCUT2D eigenvalue weighted by Gasteiger charge is -2.28. The summed E-state index contributed by atoms with van der Waals surface area (Å²) in [5.41, 5.74) is 16.0. The monoisotopic (exact) mass is 557 g/mol. The second-order valence-corrected chi connectivity index (χ2v) is 10.0. The summed E-state index contributed by atoms with van der Waals surface area (Å²) in [6, 6.07) is 13.0. The molecule has 216 valence electrons. The minimum atomic E-state index is -0.611. The third kappa shape index (κ3) is 7.20. The normalized spacial score (nSPS) is 15.1.